The molecule has 0 saturated heterocycles. The molecule has 368 valence electrons. The molecule has 0 heterocycles. The lowest BCUT2D eigenvalue weighted by Crippen LogP contribution is -2.69. The summed E-state index contributed by atoms with van der Waals surface area (Å²) >= 11 is 0. The van der Waals surface area contributed by atoms with Crippen LogP contribution in [-0.4, -0.2) is 126 Å². The topological polar surface area (TPSA) is 396 Å². The summed E-state index contributed by atoms with van der Waals surface area (Å²) in [5, 5.41) is 38.0. The average molecular weight is 924 g/mol. The van der Waals surface area contributed by atoms with E-state index in [0.717, 1.165) is 19.4 Å². The zero-order valence-corrected chi connectivity index (χ0v) is 38.7. The van der Waals surface area contributed by atoms with Crippen LogP contribution in [0.1, 0.15) is 104 Å². The highest BCUT2D eigenvalue weighted by Crippen LogP contribution is 2.12. The second kappa shape index (κ2) is 31.6. The summed E-state index contributed by atoms with van der Waals surface area (Å²) in [6.07, 6.45) is 2.54. The lowest BCUT2D eigenvalue weighted by molar-refractivity contribution is -0.406. The van der Waals surface area contributed by atoms with Crippen molar-refractivity contribution in [2.75, 3.05) is 19.6 Å². The first-order valence-electron chi connectivity index (χ1n) is 22.7. The van der Waals surface area contributed by atoms with Gasteiger partial charge in [-0.2, -0.15) is 0 Å². The number of hydrogen-bond acceptors (Lipinski definition) is 11. The van der Waals surface area contributed by atoms with Crippen molar-refractivity contribution in [1.82, 2.24) is 37.2 Å². The number of carboxylic acids is 2. The zero-order valence-electron chi connectivity index (χ0n) is 38.7. The summed E-state index contributed by atoms with van der Waals surface area (Å²) < 4.78 is 0. The van der Waals surface area contributed by atoms with Gasteiger partial charge in [0.25, 0.3) is 5.91 Å². The Labute approximate surface area is 381 Å². The highest BCUT2D eigenvalue weighted by molar-refractivity contribution is 5.97. The molecular weight excluding hydrogens is 845 g/mol. The standard InChI is InChI=1S/C43H76N12O10/c1-5-26(4)35(42(64)65)55-41(63)33(24-34(56)57)54-40(62)32(23-27-14-7-6-8-15-27)53-38(60)30(18-13-21-49-43(47)48)51-39(61)31(22-25(2)3)52-37(59)29(17-10-12-20-45)50-36(58)28(46)16-9-11-19-44/h6-8,14-15,25-26,28-33,35,43,49H,5,9-13,16-24,44-48H2,1-4H3,(H,50,58)(H,51,61)(H,52,59)(H,53,60)(H,54,62)(H,55,63)(H,56,57)(H,64,65)/p+3/t26-,28-,29-,30-,31-,32-,33-,35-/m0/s1. The number of amides is 6. The van der Waals surface area contributed by atoms with E-state index in [-0.39, 0.29) is 44.6 Å². The first-order chi connectivity index (χ1) is 30.7. The lowest BCUT2D eigenvalue weighted by atomic mass is 9.98. The molecule has 1 aromatic rings. The third-order valence-corrected chi connectivity index (χ3v) is 10.8. The van der Waals surface area contributed by atoms with Crippen molar-refractivity contribution in [3.63, 3.8) is 0 Å². The molecule has 0 radical (unpaired) electrons. The highest BCUT2D eigenvalue weighted by atomic mass is 16.4. The minimum Gasteiger partial charge on any atom is -0.481 e. The summed E-state index contributed by atoms with van der Waals surface area (Å²) in [4.78, 5) is 107. The quantitative estimate of drug-likeness (QED) is 0.0231. The number of unbranched alkanes of at least 4 members (excludes halogenated alkanes) is 2. The molecule has 0 bridgehead atoms. The smallest absolute Gasteiger partial charge is 0.326 e. The van der Waals surface area contributed by atoms with Gasteiger partial charge in [-0.1, -0.05) is 64.4 Å². The van der Waals surface area contributed by atoms with Crippen LogP contribution in [0.5, 0.6) is 0 Å². The van der Waals surface area contributed by atoms with Crippen molar-refractivity contribution in [3.8, 4) is 0 Å². The molecule has 22 nitrogen and oxygen atoms in total. The van der Waals surface area contributed by atoms with Crippen molar-refractivity contribution in [2.45, 2.75) is 153 Å². The summed E-state index contributed by atoms with van der Waals surface area (Å²) in [5.41, 5.74) is 23.5. The van der Waals surface area contributed by atoms with Gasteiger partial charge in [0, 0.05) is 12.8 Å². The molecule has 0 fully saturated rings. The van der Waals surface area contributed by atoms with E-state index in [1.54, 1.807) is 44.2 Å². The van der Waals surface area contributed by atoms with Gasteiger partial charge >= 0.3 is 11.9 Å². The van der Waals surface area contributed by atoms with Crippen LogP contribution in [0.25, 0.3) is 0 Å². The highest BCUT2D eigenvalue weighted by Gasteiger charge is 2.35. The Morgan fingerprint density at radius 3 is 1.62 bits per heavy atom. The Balaban J connectivity index is 3.54. The van der Waals surface area contributed by atoms with Gasteiger partial charge < -0.3 is 70.8 Å². The van der Waals surface area contributed by atoms with Crippen LogP contribution < -0.4 is 65.9 Å². The predicted molar refractivity (Wildman–Crippen MR) is 240 cm³/mol. The maximum atomic E-state index is 14.3. The number of carbonyl (C=O) groups is 8. The maximum absolute atomic E-state index is 14.3. The summed E-state index contributed by atoms with van der Waals surface area (Å²) in [7, 11) is 0. The van der Waals surface area contributed by atoms with Crippen LogP contribution >= 0.6 is 0 Å². The fourth-order valence-corrected chi connectivity index (χ4v) is 6.80. The number of carboxylic acid groups (broad SMARTS) is 2. The van der Waals surface area contributed by atoms with Crippen molar-refractivity contribution in [3.05, 3.63) is 35.9 Å². The van der Waals surface area contributed by atoms with E-state index in [1.807, 2.05) is 13.8 Å². The first-order valence-corrected chi connectivity index (χ1v) is 22.7. The lowest BCUT2D eigenvalue weighted by Gasteiger charge is -2.28. The van der Waals surface area contributed by atoms with Gasteiger partial charge in [0.1, 0.15) is 42.5 Å². The normalized spacial score (nSPS) is 15.0. The van der Waals surface area contributed by atoms with Crippen LogP contribution in [0.2, 0.25) is 0 Å². The van der Waals surface area contributed by atoms with Gasteiger partial charge in [-0.15, -0.1) is 0 Å². The van der Waals surface area contributed by atoms with Gasteiger partial charge in [-0.3, -0.25) is 38.9 Å². The minimum absolute atomic E-state index is 0.00172. The number of nitrogens with two attached hydrogens (primary N) is 2. The SMILES string of the molecule is CC[C@H](C)[C@H](NC(=O)[C@H](CC(=O)O)NC(=O)[C@H](Cc1ccccc1)NC(=O)[C@H](CCCNC(N)N)NC(=O)[C@H](CC(C)C)NC(=O)[C@H](CCCC[NH3+])NC(=O)[C@@H]([NH3+])CCCC[NH3+])C(=O)O. The van der Waals surface area contributed by atoms with Crippen LogP contribution in [0.4, 0.5) is 0 Å². The van der Waals surface area contributed by atoms with Gasteiger partial charge in [-0.25, -0.2) is 4.79 Å². The molecule has 0 aromatic heterocycles. The number of benzene rings is 1. The molecule has 0 aliphatic heterocycles. The van der Waals surface area contributed by atoms with E-state index < -0.39 is 108 Å². The molecule has 1 aromatic carbocycles. The fourth-order valence-electron chi connectivity index (χ4n) is 6.80. The number of aliphatic carboxylic acids is 2. The average Bonchev–Trinajstić information content (AvgIpc) is 3.24. The number of carbonyl (C=O) groups excluding carboxylic acids is 6. The Kier molecular flexibility index (Phi) is 28.1. The summed E-state index contributed by atoms with van der Waals surface area (Å²) in [5.74, 6) is -7.96. The largest absolute Gasteiger partial charge is 0.481 e. The van der Waals surface area contributed by atoms with Gasteiger partial charge in [0.15, 0.2) is 6.04 Å². The molecule has 0 spiro atoms. The molecule has 65 heavy (non-hydrogen) atoms. The molecule has 22 N–H and O–H groups in total. The van der Waals surface area contributed by atoms with Gasteiger partial charge in [0.05, 0.1) is 19.5 Å². The summed E-state index contributed by atoms with van der Waals surface area (Å²) in [6.45, 7) is 8.59. The van der Waals surface area contributed by atoms with Crippen molar-refractivity contribution in [2.24, 2.45) is 23.3 Å². The molecular formula is C43H79N12O10+3. The third kappa shape index (κ3) is 23.5. The maximum Gasteiger partial charge on any atom is 0.326 e. The number of rotatable bonds is 34. The second-order valence-corrected chi connectivity index (χ2v) is 17.0. The van der Waals surface area contributed by atoms with Gasteiger partial charge in [0.2, 0.25) is 29.5 Å². The van der Waals surface area contributed by atoms with E-state index in [1.165, 1.54) is 0 Å². The van der Waals surface area contributed by atoms with Crippen molar-refractivity contribution in [1.29, 1.82) is 0 Å². The van der Waals surface area contributed by atoms with Crippen LogP contribution in [0, 0.1) is 11.8 Å². The molecule has 22 heteroatoms. The monoisotopic (exact) mass is 924 g/mol. The second-order valence-electron chi connectivity index (χ2n) is 17.0. The Hall–Kier alpha value is -5.26. The molecule has 0 saturated carbocycles. The Morgan fingerprint density at radius 2 is 1.09 bits per heavy atom. The number of hydrogen-bond donors (Lipinski definition) is 14. The van der Waals surface area contributed by atoms with Crippen LogP contribution in [-0.2, 0) is 44.8 Å². The molecule has 0 aliphatic rings. The van der Waals surface area contributed by atoms with Crippen molar-refractivity contribution < 1.29 is 65.8 Å². The molecule has 8 atom stereocenters. The zero-order chi connectivity index (χ0) is 49.1. The molecule has 0 aliphatic carbocycles. The Bertz CT molecular complexity index is 1650. The fraction of sp³-hybridized carbons (Fsp3) is 0.674. The first kappa shape index (κ1) is 57.8. The molecule has 1 rings (SSSR count). The molecule has 0 unspecified atom stereocenters. The Morgan fingerprint density at radius 1 is 0.615 bits per heavy atom. The molecule has 6 amide bonds. The third-order valence-electron chi connectivity index (χ3n) is 10.8. The van der Waals surface area contributed by atoms with E-state index >= 15 is 0 Å². The van der Waals surface area contributed by atoms with E-state index in [9.17, 15) is 48.6 Å². The van der Waals surface area contributed by atoms with E-state index in [2.05, 4.69) is 54.4 Å². The van der Waals surface area contributed by atoms with Crippen LogP contribution in [0.15, 0.2) is 30.3 Å². The number of quaternary nitrogens is 3. The predicted octanol–water partition coefficient (Wildman–Crippen LogP) is -4.20. The van der Waals surface area contributed by atoms with Gasteiger partial charge in [-0.05, 0) is 75.3 Å². The van der Waals surface area contributed by atoms with Crippen molar-refractivity contribution >= 4 is 47.4 Å². The minimum atomic E-state index is -1.73. The van der Waals surface area contributed by atoms with Crippen LogP contribution in [0.3, 0.4) is 0 Å². The van der Waals surface area contributed by atoms with E-state index in [4.69, 9.17) is 11.5 Å². The van der Waals surface area contributed by atoms with E-state index in [0.29, 0.717) is 37.8 Å². The number of nitrogens with one attached hydrogen (secondary N) is 7. The summed E-state index contributed by atoms with van der Waals surface area (Å²) in [6, 6.07) is -0.0556.